The van der Waals surface area contributed by atoms with Crippen LogP contribution in [0, 0.1) is 12.7 Å². The van der Waals surface area contributed by atoms with Gasteiger partial charge in [-0.25, -0.2) is 4.39 Å². The molecule has 0 saturated carbocycles. The zero-order valence-electron chi connectivity index (χ0n) is 11.8. The second-order valence-corrected chi connectivity index (χ2v) is 5.27. The van der Waals surface area contributed by atoms with Gasteiger partial charge in [-0.15, -0.1) is 0 Å². The molecule has 0 atom stereocenters. The summed E-state index contributed by atoms with van der Waals surface area (Å²) in [7, 11) is 0. The smallest absolute Gasteiger partial charge is 0.189 e. The Hall–Kier alpha value is -2.25. The molecule has 0 aliphatic carbocycles. The molecule has 0 aliphatic heterocycles. The number of anilines is 2. The highest BCUT2D eigenvalue weighted by molar-refractivity contribution is 7.81. The first-order valence-corrected chi connectivity index (χ1v) is 7.32. The van der Waals surface area contributed by atoms with Crippen LogP contribution < -0.4 is 21.5 Å². The minimum Gasteiger partial charge on any atom is -0.331 e. The minimum atomic E-state index is -0.382. The van der Waals surface area contributed by atoms with Gasteiger partial charge in [0.05, 0.1) is 5.69 Å². The van der Waals surface area contributed by atoms with E-state index in [0.717, 1.165) is 11.3 Å². The number of benzene rings is 2. The number of nitrogens with one attached hydrogen (secondary N) is 4. The fourth-order valence-corrected chi connectivity index (χ4v) is 2.02. The van der Waals surface area contributed by atoms with E-state index in [1.54, 1.807) is 18.2 Å². The number of hydrazine groups is 1. The summed E-state index contributed by atoms with van der Waals surface area (Å²) in [6.45, 7) is 1.97. The molecule has 0 saturated heterocycles. The lowest BCUT2D eigenvalue weighted by molar-refractivity contribution is 0.632. The van der Waals surface area contributed by atoms with E-state index >= 15 is 0 Å². The van der Waals surface area contributed by atoms with Crippen LogP contribution in [-0.2, 0) is 0 Å². The van der Waals surface area contributed by atoms with Crippen LogP contribution in [0.1, 0.15) is 5.56 Å². The zero-order valence-corrected chi connectivity index (χ0v) is 13.4. The number of hydrogen-bond donors (Lipinski definition) is 4. The van der Waals surface area contributed by atoms with Crippen molar-refractivity contribution in [1.82, 2.24) is 10.9 Å². The van der Waals surface area contributed by atoms with E-state index in [-0.39, 0.29) is 10.9 Å². The van der Waals surface area contributed by atoms with Crippen molar-refractivity contribution < 1.29 is 4.39 Å². The molecule has 0 aliphatic rings. The van der Waals surface area contributed by atoms with Crippen LogP contribution in [0.4, 0.5) is 15.8 Å². The molecular formula is C15H15FN4S2. The fraction of sp³-hybridized carbons (Fsp3) is 0.0667. The highest BCUT2D eigenvalue weighted by atomic mass is 32.1. The van der Waals surface area contributed by atoms with Gasteiger partial charge >= 0.3 is 0 Å². The van der Waals surface area contributed by atoms with Gasteiger partial charge in [0.15, 0.2) is 10.2 Å². The molecule has 2 aromatic rings. The average molecular weight is 334 g/mol. The van der Waals surface area contributed by atoms with Gasteiger partial charge in [0.1, 0.15) is 5.82 Å². The van der Waals surface area contributed by atoms with Gasteiger partial charge in [0.2, 0.25) is 0 Å². The summed E-state index contributed by atoms with van der Waals surface area (Å²) in [6.07, 6.45) is 0. The molecule has 4 N–H and O–H groups in total. The lowest BCUT2D eigenvalue weighted by Gasteiger charge is -2.15. The van der Waals surface area contributed by atoms with E-state index in [9.17, 15) is 4.39 Å². The van der Waals surface area contributed by atoms with Crippen LogP contribution in [0.2, 0.25) is 0 Å². The lowest BCUT2D eigenvalue weighted by Crippen LogP contribution is -2.45. The zero-order chi connectivity index (χ0) is 15.9. The Morgan fingerprint density at radius 1 is 0.818 bits per heavy atom. The normalized spacial score (nSPS) is 9.73. The van der Waals surface area contributed by atoms with Crippen molar-refractivity contribution in [1.29, 1.82) is 0 Å². The van der Waals surface area contributed by atoms with E-state index in [4.69, 9.17) is 24.4 Å². The third kappa shape index (κ3) is 4.64. The molecule has 0 bridgehead atoms. The highest BCUT2D eigenvalue weighted by Crippen LogP contribution is 2.13. The SMILES string of the molecule is Cc1ccccc1NC(=S)NNC(=S)Nc1ccccc1F. The maximum absolute atomic E-state index is 13.5. The molecule has 2 aromatic carbocycles. The number of halogens is 1. The van der Waals surface area contributed by atoms with Crippen LogP contribution >= 0.6 is 24.4 Å². The second kappa shape index (κ2) is 7.67. The predicted octanol–water partition coefficient (Wildman–Crippen LogP) is 3.32. The van der Waals surface area contributed by atoms with Crippen LogP contribution in [-0.4, -0.2) is 10.2 Å². The van der Waals surface area contributed by atoms with Gasteiger partial charge in [-0.3, -0.25) is 10.9 Å². The van der Waals surface area contributed by atoms with Crippen molar-refractivity contribution in [2.24, 2.45) is 0 Å². The maximum Gasteiger partial charge on any atom is 0.189 e. The summed E-state index contributed by atoms with van der Waals surface area (Å²) in [5.74, 6) is -0.382. The van der Waals surface area contributed by atoms with Gasteiger partial charge in [-0.05, 0) is 55.1 Å². The lowest BCUT2D eigenvalue weighted by atomic mass is 10.2. The van der Waals surface area contributed by atoms with Crippen molar-refractivity contribution in [3.05, 3.63) is 59.9 Å². The Labute approximate surface area is 139 Å². The number of aryl methyl sites for hydroxylation is 1. The first kappa shape index (κ1) is 16.1. The molecule has 2 rings (SSSR count). The van der Waals surface area contributed by atoms with Crippen molar-refractivity contribution in [3.8, 4) is 0 Å². The van der Waals surface area contributed by atoms with Crippen LogP contribution in [0.25, 0.3) is 0 Å². The molecule has 0 unspecified atom stereocenters. The largest absolute Gasteiger partial charge is 0.331 e. The van der Waals surface area contributed by atoms with E-state index in [1.807, 2.05) is 31.2 Å². The summed E-state index contributed by atoms with van der Waals surface area (Å²) < 4.78 is 13.5. The first-order chi connectivity index (χ1) is 10.6. The van der Waals surface area contributed by atoms with E-state index in [1.165, 1.54) is 6.07 Å². The molecular weight excluding hydrogens is 319 g/mol. The summed E-state index contributed by atoms with van der Waals surface area (Å²) in [5, 5.41) is 6.33. The molecule has 4 nitrogen and oxygen atoms in total. The number of para-hydroxylation sites is 2. The third-order valence-corrected chi connectivity index (χ3v) is 3.21. The Morgan fingerprint density at radius 3 is 1.91 bits per heavy atom. The van der Waals surface area contributed by atoms with Crippen LogP contribution in [0.15, 0.2) is 48.5 Å². The highest BCUT2D eigenvalue weighted by Gasteiger charge is 2.04. The molecule has 114 valence electrons. The van der Waals surface area contributed by atoms with Crippen molar-refractivity contribution >= 4 is 46.0 Å². The second-order valence-electron chi connectivity index (χ2n) is 4.45. The molecule has 0 radical (unpaired) electrons. The molecule has 22 heavy (non-hydrogen) atoms. The van der Waals surface area contributed by atoms with Crippen molar-refractivity contribution in [2.75, 3.05) is 10.6 Å². The number of hydrogen-bond acceptors (Lipinski definition) is 2. The molecule has 0 aromatic heterocycles. The summed E-state index contributed by atoms with van der Waals surface area (Å²) in [6, 6.07) is 14.0. The topological polar surface area (TPSA) is 48.1 Å². The van der Waals surface area contributed by atoms with Crippen molar-refractivity contribution in [3.63, 3.8) is 0 Å². The molecule has 7 heteroatoms. The Kier molecular flexibility index (Phi) is 5.62. The first-order valence-electron chi connectivity index (χ1n) is 6.50. The van der Waals surface area contributed by atoms with Crippen molar-refractivity contribution in [2.45, 2.75) is 6.92 Å². The Bertz CT molecular complexity index is 631. The standard InChI is InChI=1S/C15H15FN4S2/c1-10-6-2-4-8-12(10)17-14(21)19-20-15(22)18-13-9-5-3-7-11(13)16/h2-9H,1H3,(H2,17,19,21)(H2,18,20,22). The third-order valence-electron chi connectivity index (χ3n) is 2.80. The van der Waals surface area contributed by atoms with E-state index in [0.29, 0.717) is 10.8 Å². The predicted molar refractivity (Wildman–Crippen MR) is 96.3 cm³/mol. The minimum absolute atomic E-state index is 0.207. The Balaban J connectivity index is 1.82. The Morgan fingerprint density at radius 2 is 1.32 bits per heavy atom. The van der Waals surface area contributed by atoms with Crippen LogP contribution in [0.3, 0.4) is 0 Å². The van der Waals surface area contributed by atoms with Gasteiger partial charge in [0.25, 0.3) is 0 Å². The van der Waals surface area contributed by atoms with E-state index in [2.05, 4.69) is 21.5 Å². The molecule has 0 spiro atoms. The fourth-order valence-electron chi connectivity index (χ4n) is 1.70. The van der Waals surface area contributed by atoms with Gasteiger partial charge in [-0.2, -0.15) is 0 Å². The van der Waals surface area contributed by atoms with Gasteiger partial charge in [0, 0.05) is 5.69 Å². The maximum atomic E-state index is 13.5. The van der Waals surface area contributed by atoms with Gasteiger partial charge in [-0.1, -0.05) is 30.3 Å². The summed E-state index contributed by atoms with van der Waals surface area (Å²) in [5.41, 5.74) is 7.70. The molecule has 0 heterocycles. The van der Waals surface area contributed by atoms with Gasteiger partial charge < -0.3 is 10.6 Å². The molecule has 0 amide bonds. The average Bonchev–Trinajstić information content (AvgIpc) is 2.50. The quantitative estimate of drug-likeness (QED) is 0.499. The monoisotopic (exact) mass is 334 g/mol. The summed E-state index contributed by atoms with van der Waals surface area (Å²) in [4.78, 5) is 0. The molecule has 0 fully saturated rings. The number of thiocarbonyl (C=S) groups is 2. The number of rotatable bonds is 2. The van der Waals surface area contributed by atoms with Crippen LogP contribution in [0.5, 0.6) is 0 Å². The van der Waals surface area contributed by atoms with E-state index < -0.39 is 0 Å². The summed E-state index contributed by atoms with van der Waals surface area (Å²) >= 11 is 10.2.